The highest BCUT2D eigenvalue weighted by atomic mass is 32.2. The van der Waals surface area contributed by atoms with E-state index < -0.39 is 27.5 Å². The van der Waals surface area contributed by atoms with Crippen molar-refractivity contribution in [2.75, 3.05) is 18.5 Å². The number of rotatable bonds is 7. The smallest absolute Gasteiger partial charge is 0.276 e. The third-order valence-electron chi connectivity index (χ3n) is 4.87. The number of carbonyl (C=O) groups excluding carboxylic acids is 1. The molecule has 0 radical (unpaired) electrons. The van der Waals surface area contributed by atoms with Crippen LogP contribution in [-0.2, 0) is 14.8 Å². The first-order chi connectivity index (χ1) is 15.3. The molecule has 1 heterocycles. The zero-order valence-electron chi connectivity index (χ0n) is 17.5. The fraction of sp³-hybridized carbons (Fsp3) is 0.333. The second kappa shape index (κ2) is 10.2. The van der Waals surface area contributed by atoms with E-state index in [-0.39, 0.29) is 22.0 Å². The Morgan fingerprint density at radius 2 is 1.97 bits per heavy atom. The van der Waals surface area contributed by atoms with Crippen molar-refractivity contribution in [1.82, 2.24) is 4.72 Å². The molecule has 2 aromatic rings. The van der Waals surface area contributed by atoms with Crippen LogP contribution in [0.5, 0.6) is 5.75 Å². The normalized spacial score (nSPS) is 14.1. The molecule has 1 amide bonds. The summed E-state index contributed by atoms with van der Waals surface area (Å²) in [5.41, 5.74) is 0.484. The number of benzene rings is 2. The Labute approximate surface area is 185 Å². The number of amidine groups is 1. The Bertz CT molecular complexity index is 1150. The van der Waals surface area contributed by atoms with Crippen molar-refractivity contribution in [2.45, 2.75) is 37.5 Å². The van der Waals surface area contributed by atoms with Crippen LogP contribution in [0, 0.1) is 17.0 Å². The summed E-state index contributed by atoms with van der Waals surface area (Å²) in [6, 6.07) is 10.2. The van der Waals surface area contributed by atoms with Crippen LogP contribution in [0.4, 0.5) is 11.4 Å². The second-order valence-electron chi connectivity index (χ2n) is 7.27. The zero-order chi connectivity index (χ0) is 23.1. The molecule has 32 heavy (non-hydrogen) atoms. The monoisotopic (exact) mass is 460 g/mol. The molecule has 170 valence electrons. The lowest BCUT2D eigenvalue weighted by molar-refractivity contribution is -0.385. The Morgan fingerprint density at radius 1 is 1.19 bits per heavy atom. The van der Waals surface area contributed by atoms with E-state index in [0.717, 1.165) is 19.3 Å². The van der Waals surface area contributed by atoms with Gasteiger partial charge in [0.1, 0.15) is 11.6 Å². The van der Waals surface area contributed by atoms with Crippen LogP contribution in [0.1, 0.15) is 31.2 Å². The summed E-state index contributed by atoms with van der Waals surface area (Å²) >= 11 is 0. The number of aliphatic imine (C=N–C) groups is 1. The van der Waals surface area contributed by atoms with Gasteiger partial charge in [-0.15, -0.1) is 0 Å². The number of nitro benzene ring substituents is 1. The van der Waals surface area contributed by atoms with Gasteiger partial charge < -0.3 is 10.1 Å². The molecule has 3 rings (SSSR count). The summed E-state index contributed by atoms with van der Waals surface area (Å²) in [4.78, 5) is 27.0. The van der Waals surface area contributed by atoms with Gasteiger partial charge in [0.05, 0.1) is 15.4 Å². The third kappa shape index (κ3) is 6.03. The number of ether oxygens (including phenoxy) is 1. The van der Waals surface area contributed by atoms with Gasteiger partial charge in [-0.2, -0.15) is 0 Å². The lowest BCUT2D eigenvalue weighted by atomic mass is 10.2. The van der Waals surface area contributed by atoms with Crippen molar-refractivity contribution in [2.24, 2.45) is 4.99 Å². The number of hydrogen-bond donors (Lipinski definition) is 2. The molecule has 0 fully saturated rings. The highest BCUT2D eigenvalue weighted by molar-refractivity contribution is 7.90. The molecule has 11 heteroatoms. The van der Waals surface area contributed by atoms with Crippen LogP contribution in [0.15, 0.2) is 52.4 Å². The van der Waals surface area contributed by atoms with Crippen LogP contribution >= 0.6 is 0 Å². The molecular weight excluding hydrogens is 436 g/mol. The van der Waals surface area contributed by atoms with Gasteiger partial charge in [0.2, 0.25) is 0 Å². The van der Waals surface area contributed by atoms with Gasteiger partial charge in [-0.25, -0.2) is 8.42 Å². The molecule has 10 nitrogen and oxygen atoms in total. The van der Waals surface area contributed by atoms with E-state index in [0.29, 0.717) is 24.4 Å². The molecule has 0 atom stereocenters. The van der Waals surface area contributed by atoms with Crippen molar-refractivity contribution in [3.05, 3.63) is 58.1 Å². The first-order valence-corrected chi connectivity index (χ1v) is 11.6. The molecule has 2 N–H and O–H groups in total. The van der Waals surface area contributed by atoms with Gasteiger partial charge in [0.25, 0.3) is 21.6 Å². The van der Waals surface area contributed by atoms with Crippen LogP contribution in [-0.4, -0.2) is 38.2 Å². The van der Waals surface area contributed by atoms with E-state index in [1.54, 1.807) is 6.07 Å². The van der Waals surface area contributed by atoms with E-state index in [1.165, 1.54) is 43.3 Å². The number of amides is 1. The predicted molar refractivity (Wildman–Crippen MR) is 119 cm³/mol. The predicted octanol–water partition coefficient (Wildman–Crippen LogP) is 3.17. The molecule has 0 unspecified atom stereocenters. The van der Waals surface area contributed by atoms with Crippen molar-refractivity contribution in [3.63, 3.8) is 0 Å². The van der Waals surface area contributed by atoms with Gasteiger partial charge in [-0.05, 0) is 44.0 Å². The molecule has 0 saturated heterocycles. The van der Waals surface area contributed by atoms with Crippen molar-refractivity contribution < 1.29 is 22.9 Å². The maximum Gasteiger partial charge on any atom is 0.276 e. The summed E-state index contributed by atoms with van der Waals surface area (Å²) < 4.78 is 33.3. The summed E-state index contributed by atoms with van der Waals surface area (Å²) in [5, 5.41) is 13.6. The van der Waals surface area contributed by atoms with Gasteiger partial charge in [-0.3, -0.25) is 24.6 Å². The Balaban J connectivity index is 1.64. The quantitative estimate of drug-likeness (QED) is 0.480. The third-order valence-corrected chi connectivity index (χ3v) is 6.24. The van der Waals surface area contributed by atoms with E-state index in [2.05, 4.69) is 15.0 Å². The minimum Gasteiger partial charge on any atom is -0.483 e. The van der Waals surface area contributed by atoms with Crippen LogP contribution < -0.4 is 14.8 Å². The SMILES string of the molecule is Cc1c(OCC(=O)Nc2cccc(S(=O)(=O)NC3=NCCCCC3)c2)cccc1[N+](=O)[O-]. The van der Waals surface area contributed by atoms with Crippen molar-refractivity contribution in [1.29, 1.82) is 0 Å². The first-order valence-electron chi connectivity index (χ1n) is 10.1. The highest BCUT2D eigenvalue weighted by Crippen LogP contribution is 2.27. The number of nitrogens with one attached hydrogen (secondary N) is 2. The molecule has 0 aromatic heterocycles. The van der Waals surface area contributed by atoms with Gasteiger partial charge in [0, 0.05) is 24.7 Å². The highest BCUT2D eigenvalue weighted by Gasteiger charge is 2.19. The molecule has 1 aliphatic heterocycles. The zero-order valence-corrected chi connectivity index (χ0v) is 18.4. The van der Waals surface area contributed by atoms with E-state index >= 15 is 0 Å². The molecule has 0 saturated carbocycles. The van der Waals surface area contributed by atoms with Gasteiger partial charge in [-0.1, -0.05) is 18.6 Å². The Kier molecular flexibility index (Phi) is 7.41. The molecule has 0 bridgehead atoms. The second-order valence-corrected chi connectivity index (χ2v) is 8.95. The molecule has 0 spiro atoms. The largest absolute Gasteiger partial charge is 0.483 e. The van der Waals surface area contributed by atoms with Crippen LogP contribution in [0.2, 0.25) is 0 Å². The first kappa shape index (κ1) is 23.2. The van der Waals surface area contributed by atoms with Crippen LogP contribution in [0.3, 0.4) is 0 Å². The number of carbonyl (C=O) groups is 1. The molecular formula is C21H24N4O6S. The summed E-state index contributed by atoms with van der Waals surface area (Å²) in [6.45, 7) is 1.73. The Morgan fingerprint density at radius 3 is 2.75 bits per heavy atom. The molecule has 0 aliphatic carbocycles. The average molecular weight is 461 g/mol. The molecule has 1 aliphatic rings. The fourth-order valence-electron chi connectivity index (χ4n) is 3.21. The maximum absolute atomic E-state index is 12.7. The minimum atomic E-state index is -3.84. The number of nitrogens with zero attached hydrogens (tertiary/aromatic N) is 2. The molecule has 2 aromatic carbocycles. The minimum absolute atomic E-state index is 0.00214. The topological polar surface area (TPSA) is 140 Å². The average Bonchev–Trinajstić information content (AvgIpc) is 3.01. The van der Waals surface area contributed by atoms with E-state index in [9.17, 15) is 23.3 Å². The van der Waals surface area contributed by atoms with E-state index in [4.69, 9.17) is 4.74 Å². The van der Waals surface area contributed by atoms with Crippen molar-refractivity contribution >= 4 is 33.1 Å². The number of anilines is 1. The van der Waals surface area contributed by atoms with Crippen molar-refractivity contribution in [3.8, 4) is 5.75 Å². The number of sulfonamides is 1. The number of hydrogen-bond acceptors (Lipinski definition) is 7. The van der Waals surface area contributed by atoms with E-state index in [1.807, 2.05) is 0 Å². The summed E-state index contributed by atoms with van der Waals surface area (Å²) in [5.74, 6) is 0.128. The standard InChI is InChI=1S/C21H24N4O6S/c1-15-18(25(27)28)9-6-10-19(15)31-14-21(26)23-16-7-5-8-17(13-16)32(29,30)24-20-11-3-2-4-12-22-20/h5-10,13H,2-4,11-12,14H2,1H3,(H,22,24)(H,23,26). The summed E-state index contributed by atoms with van der Waals surface area (Å²) in [7, 11) is -3.84. The van der Waals surface area contributed by atoms with Gasteiger partial charge >= 0.3 is 0 Å². The van der Waals surface area contributed by atoms with Crippen LogP contribution in [0.25, 0.3) is 0 Å². The lowest BCUT2D eigenvalue weighted by Gasteiger charge is -2.12. The van der Waals surface area contributed by atoms with Gasteiger partial charge in [0.15, 0.2) is 6.61 Å². The lowest BCUT2D eigenvalue weighted by Crippen LogP contribution is -2.30. The number of nitro groups is 1. The fourth-order valence-corrected chi connectivity index (χ4v) is 4.34. The Hall–Kier alpha value is -3.47. The maximum atomic E-state index is 12.7. The summed E-state index contributed by atoms with van der Waals surface area (Å²) in [6.07, 6.45) is 3.39.